The normalized spacial score (nSPS) is 20.9. The summed E-state index contributed by atoms with van der Waals surface area (Å²) in [6.45, 7) is 3.15. The quantitative estimate of drug-likeness (QED) is 0.899. The van der Waals surface area contributed by atoms with Gasteiger partial charge in [0.1, 0.15) is 17.1 Å². The molecule has 2 atom stereocenters. The van der Waals surface area contributed by atoms with Crippen molar-refractivity contribution in [3.05, 3.63) is 41.4 Å². The second kappa shape index (κ2) is 6.37. The monoisotopic (exact) mass is 317 g/mol. The predicted molar refractivity (Wildman–Crippen MR) is 82.6 cm³/mol. The molecule has 1 N–H and O–H groups in total. The van der Waals surface area contributed by atoms with Crippen molar-refractivity contribution in [3.63, 3.8) is 0 Å². The number of aromatic nitrogens is 2. The molecule has 7 nitrogen and oxygen atoms in total. The van der Waals surface area contributed by atoms with Crippen LogP contribution in [0.4, 0.5) is 5.82 Å². The number of carboxylic acids is 1. The van der Waals surface area contributed by atoms with Gasteiger partial charge >= 0.3 is 5.97 Å². The van der Waals surface area contributed by atoms with Gasteiger partial charge in [0, 0.05) is 44.8 Å². The average molecular weight is 317 g/mol. The summed E-state index contributed by atoms with van der Waals surface area (Å²) in [7, 11) is 1.67. The Morgan fingerprint density at radius 3 is 3.00 bits per heavy atom. The summed E-state index contributed by atoms with van der Waals surface area (Å²) in [6.07, 6.45) is 2.30. The molecule has 122 valence electrons. The minimum absolute atomic E-state index is 0.0101. The molecule has 3 rings (SSSR count). The first kappa shape index (κ1) is 15.5. The molecule has 0 bridgehead atoms. The number of carbonyl (C=O) groups is 1. The third-order valence-corrected chi connectivity index (χ3v) is 4.14. The summed E-state index contributed by atoms with van der Waals surface area (Å²) in [5, 5.41) is 13.2. The van der Waals surface area contributed by atoms with Crippen molar-refractivity contribution in [2.24, 2.45) is 5.92 Å². The number of aromatic carboxylic acids is 1. The number of pyridine rings is 1. The maximum Gasteiger partial charge on any atom is 0.339 e. The van der Waals surface area contributed by atoms with Crippen molar-refractivity contribution in [2.45, 2.75) is 19.4 Å². The van der Waals surface area contributed by atoms with Crippen molar-refractivity contribution < 1.29 is 19.2 Å². The third kappa shape index (κ3) is 3.19. The minimum Gasteiger partial charge on any atom is -0.478 e. The molecule has 1 saturated heterocycles. The summed E-state index contributed by atoms with van der Waals surface area (Å²) in [5.74, 6) is 0.515. The molecule has 1 fully saturated rings. The van der Waals surface area contributed by atoms with Crippen molar-refractivity contribution >= 4 is 11.8 Å². The molecule has 0 amide bonds. The minimum atomic E-state index is -0.976. The molecule has 0 aromatic carbocycles. The van der Waals surface area contributed by atoms with Crippen LogP contribution in [0.2, 0.25) is 0 Å². The second-order valence-electron chi connectivity index (χ2n) is 5.76. The van der Waals surface area contributed by atoms with Crippen molar-refractivity contribution in [1.29, 1.82) is 0 Å². The Morgan fingerprint density at radius 1 is 1.52 bits per heavy atom. The Kier molecular flexibility index (Phi) is 4.29. The highest BCUT2D eigenvalue weighted by Crippen LogP contribution is 2.29. The van der Waals surface area contributed by atoms with Crippen molar-refractivity contribution in [1.82, 2.24) is 10.1 Å². The zero-order valence-corrected chi connectivity index (χ0v) is 13.1. The highest BCUT2D eigenvalue weighted by atomic mass is 16.5. The fraction of sp³-hybridized carbons (Fsp3) is 0.438. The Bertz CT molecular complexity index is 700. The van der Waals surface area contributed by atoms with Crippen LogP contribution in [0, 0.1) is 12.8 Å². The molecule has 0 spiro atoms. The summed E-state index contributed by atoms with van der Waals surface area (Å²) < 4.78 is 10.9. The molecule has 0 radical (unpaired) electrons. The average Bonchev–Trinajstić information content (AvgIpc) is 3.13. The van der Waals surface area contributed by atoms with Crippen molar-refractivity contribution in [3.8, 4) is 0 Å². The van der Waals surface area contributed by atoms with Crippen molar-refractivity contribution in [2.75, 3.05) is 25.1 Å². The number of nitrogens with zero attached hydrogens (tertiary/aromatic N) is 3. The Hall–Kier alpha value is -2.41. The molecule has 23 heavy (non-hydrogen) atoms. The van der Waals surface area contributed by atoms with Crippen LogP contribution >= 0.6 is 0 Å². The van der Waals surface area contributed by atoms with Gasteiger partial charge in [-0.05, 0) is 19.1 Å². The van der Waals surface area contributed by atoms with Gasteiger partial charge in [-0.15, -0.1) is 0 Å². The van der Waals surface area contributed by atoms with Gasteiger partial charge in [-0.25, -0.2) is 9.78 Å². The zero-order valence-electron chi connectivity index (χ0n) is 13.1. The summed E-state index contributed by atoms with van der Waals surface area (Å²) >= 11 is 0. The number of methoxy groups -OCH3 is 1. The molecule has 2 aromatic rings. The SMILES string of the molecule is CO[C@H]1CN(c2ncccc2C(=O)O)C[C@H]1Cc1cc(C)no1. The van der Waals surface area contributed by atoms with E-state index in [9.17, 15) is 9.90 Å². The van der Waals surface area contributed by atoms with E-state index in [0.29, 0.717) is 25.3 Å². The zero-order chi connectivity index (χ0) is 16.4. The number of carboxylic acid groups (broad SMARTS) is 1. The largest absolute Gasteiger partial charge is 0.478 e. The molecular formula is C16H19N3O4. The standard InChI is InChI=1S/C16H19N3O4/c1-10-6-12(23-18-10)7-11-8-19(9-14(11)22-2)15-13(16(20)21)4-3-5-17-15/h3-6,11,14H,7-9H2,1-2H3,(H,20,21)/t11-,14+/m1/s1. The third-order valence-electron chi connectivity index (χ3n) is 4.14. The maximum absolute atomic E-state index is 11.4. The molecule has 2 aromatic heterocycles. The van der Waals surface area contributed by atoms with Crippen LogP contribution < -0.4 is 4.90 Å². The maximum atomic E-state index is 11.4. The number of rotatable bonds is 5. The van der Waals surface area contributed by atoms with Gasteiger partial charge in [-0.1, -0.05) is 5.16 Å². The van der Waals surface area contributed by atoms with E-state index in [-0.39, 0.29) is 17.6 Å². The fourth-order valence-electron chi connectivity index (χ4n) is 3.06. The smallest absolute Gasteiger partial charge is 0.339 e. The van der Waals surface area contributed by atoms with Gasteiger partial charge in [0.2, 0.25) is 0 Å². The Balaban J connectivity index is 1.80. The predicted octanol–water partition coefficient (Wildman–Crippen LogP) is 1.77. The Morgan fingerprint density at radius 2 is 2.35 bits per heavy atom. The lowest BCUT2D eigenvalue weighted by Crippen LogP contribution is -2.25. The van der Waals surface area contributed by atoms with Crippen LogP contribution in [-0.4, -0.2) is 47.5 Å². The topological polar surface area (TPSA) is 88.7 Å². The van der Waals surface area contributed by atoms with Gasteiger partial charge in [0.25, 0.3) is 0 Å². The first-order chi connectivity index (χ1) is 11.1. The number of anilines is 1. The molecule has 7 heteroatoms. The van der Waals surface area contributed by atoms with Crippen LogP contribution in [0.25, 0.3) is 0 Å². The summed E-state index contributed by atoms with van der Waals surface area (Å²) in [6, 6.07) is 5.12. The van der Waals surface area contributed by atoms with Crippen LogP contribution in [0.5, 0.6) is 0 Å². The van der Waals surface area contributed by atoms with Gasteiger partial charge in [-0.3, -0.25) is 0 Å². The van der Waals surface area contributed by atoms with Gasteiger partial charge in [-0.2, -0.15) is 0 Å². The van der Waals surface area contributed by atoms with E-state index in [1.54, 1.807) is 25.4 Å². The molecule has 0 unspecified atom stereocenters. The second-order valence-corrected chi connectivity index (χ2v) is 5.76. The first-order valence-electron chi connectivity index (χ1n) is 7.46. The molecule has 0 saturated carbocycles. The van der Waals surface area contributed by atoms with Crippen LogP contribution in [0.3, 0.4) is 0 Å². The highest BCUT2D eigenvalue weighted by molar-refractivity contribution is 5.93. The van der Waals surface area contributed by atoms with E-state index < -0.39 is 5.97 Å². The number of hydrogen-bond acceptors (Lipinski definition) is 6. The molecule has 3 heterocycles. The van der Waals surface area contributed by atoms with E-state index >= 15 is 0 Å². The number of ether oxygens (including phenoxy) is 1. The first-order valence-corrected chi connectivity index (χ1v) is 7.46. The Labute approximate surface area is 133 Å². The lowest BCUT2D eigenvalue weighted by molar-refractivity contribution is 0.0696. The number of aryl methyl sites for hydroxylation is 1. The fourth-order valence-corrected chi connectivity index (χ4v) is 3.06. The molecule has 0 aliphatic carbocycles. The van der Waals surface area contributed by atoms with Gasteiger partial charge in [0.05, 0.1) is 11.8 Å². The molecule has 1 aliphatic rings. The van der Waals surface area contributed by atoms with E-state index in [1.165, 1.54) is 0 Å². The molecule has 1 aliphatic heterocycles. The highest BCUT2D eigenvalue weighted by Gasteiger charge is 2.35. The van der Waals surface area contributed by atoms with E-state index in [4.69, 9.17) is 9.26 Å². The van der Waals surface area contributed by atoms with Crippen LogP contribution in [-0.2, 0) is 11.2 Å². The van der Waals surface area contributed by atoms with Crippen LogP contribution in [0.1, 0.15) is 21.8 Å². The van der Waals surface area contributed by atoms with Crippen LogP contribution in [0.15, 0.2) is 28.9 Å². The van der Waals surface area contributed by atoms with Gasteiger partial charge < -0.3 is 19.3 Å². The summed E-state index contributed by atoms with van der Waals surface area (Å²) in [5.41, 5.74) is 1.06. The van der Waals surface area contributed by atoms with E-state index in [0.717, 1.165) is 11.5 Å². The lowest BCUT2D eigenvalue weighted by Gasteiger charge is -2.18. The number of hydrogen-bond donors (Lipinski definition) is 1. The van der Waals surface area contributed by atoms with E-state index in [2.05, 4.69) is 10.1 Å². The molecular weight excluding hydrogens is 298 g/mol. The van der Waals surface area contributed by atoms with E-state index in [1.807, 2.05) is 17.9 Å². The van der Waals surface area contributed by atoms with Gasteiger partial charge in [0.15, 0.2) is 0 Å². The lowest BCUT2D eigenvalue weighted by atomic mass is 10.0. The summed E-state index contributed by atoms with van der Waals surface area (Å²) in [4.78, 5) is 17.6.